The lowest BCUT2D eigenvalue weighted by atomic mass is 10.1. The molecule has 0 aliphatic heterocycles. The lowest BCUT2D eigenvalue weighted by Crippen LogP contribution is -2.34. The average molecular weight is 466 g/mol. The van der Waals surface area contributed by atoms with Crippen molar-refractivity contribution in [3.05, 3.63) is 106 Å². The van der Waals surface area contributed by atoms with E-state index in [1.54, 1.807) is 48.7 Å². The van der Waals surface area contributed by atoms with Crippen molar-refractivity contribution in [3.8, 4) is 5.69 Å². The minimum absolute atomic E-state index is 0.0841. The molecule has 0 bridgehead atoms. The van der Waals surface area contributed by atoms with Gasteiger partial charge in [-0.05, 0) is 73.7 Å². The van der Waals surface area contributed by atoms with E-state index in [9.17, 15) is 9.59 Å². The molecule has 1 unspecified atom stereocenters. The van der Waals surface area contributed by atoms with Gasteiger partial charge in [0.25, 0.3) is 11.5 Å². The minimum Gasteiger partial charge on any atom is -0.469 e. The Hall–Kier alpha value is -3.29. The first-order chi connectivity index (χ1) is 15.5. The summed E-state index contributed by atoms with van der Waals surface area (Å²) in [7, 11) is 0. The van der Waals surface area contributed by atoms with Crippen molar-refractivity contribution in [3.63, 3.8) is 0 Å². The molecule has 2 aromatic carbocycles. The van der Waals surface area contributed by atoms with E-state index < -0.39 is 0 Å². The maximum Gasteiger partial charge on any atom is 0.271 e. The van der Waals surface area contributed by atoms with Crippen LogP contribution in [0.1, 0.15) is 23.0 Å². The predicted molar refractivity (Wildman–Crippen MR) is 125 cm³/mol. The molecule has 0 radical (unpaired) electrons. The number of benzene rings is 2. The fourth-order valence-electron chi connectivity index (χ4n) is 3.10. The molecule has 32 heavy (non-hydrogen) atoms. The lowest BCUT2D eigenvalue weighted by Gasteiger charge is -2.13. The van der Waals surface area contributed by atoms with E-state index in [1.165, 1.54) is 22.5 Å². The summed E-state index contributed by atoms with van der Waals surface area (Å²) in [6.07, 6.45) is 2.22. The molecule has 0 fully saturated rings. The number of aromatic nitrogens is 2. The van der Waals surface area contributed by atoms with Crippen molar-refractivity contribution >= 4 is 29.3 Å². The molecule has 8 heteroatoms. The summed E-state index contributed by atoms with van der Waals surface area (Å²) in [6.45, 7) is 1.92. The van der Waals surface area contributed by atoms with Crippen molar-refractivity contribution in [1.29, 1.82) is 0 Å². The van der Waals surface area contributed by atoms with Crippen LogP contribution in [-0.2, 0) is 6.42 Å². The van der Waals surface area contributed by atoms with Gasteiger partial charge in [0.1, 0.15) is 10.8 Å². The number of amides is 1. The molecular weight excluding hydrogens is 446 g/mol. The molecular formula is C24H20ClN3O3S. The first kappa shape index (κ1) is 21.9. The number of nitrogens with zero attached hydrogens (tertiary/aromatic N) is 2. The Kier molecular flexibility index (Phi) is 6.78. The summed E-state index contributed by atoms with van der Waals surface area (Å²) in [6, 6.07) is 20.9. The zero-order valence-electron chi connectivity index (χ0n) is 17.2. The molecule has 6 nitrogen and oxygen atoms in total. The second-order valence-electron chi connectivity index (χ2n) is 7.18. The molecule has 1 atom stereocenters. The monoisotopic (exact) mass is 465 g/mol. The van der Waals surface area contributed by atoms with Gasteiger partial charge < -0.3 is 9.73 Å². The zero-order chi connectivity index (χ0) is 22.5. The number of halogens is 1. The first-order valence-electron chi connectivity index (χ1n) is 9.95. The van der Waals surface area contributed by atoms with Gasteiger partial charge in [-0.2, -0.15) is 9.78 Å². The highest BCUT2D eigenvalue weighted by Crippen LogP contribution is 2.26. The van der Waals surface area contributed by atoms with Gasteiger partial charge >= 0.3 is 0 Å². The Bertz CT molecular complexity index is 1250. The van der Waals surface area contributed by atoms with Crippen molar-refractivity contribution < 1.29 is 9.21 Å². The third-order valence-corrected chi connectivity index (χ3v) is 5.84. The molecule has 0 saturated heterocycles. The van der Waals surface area contributed by atoms with Gasteiger partial charge in [0.15, 0.2) is 0 Å². The highest BCUT2D eigenvalue weighted by atomic mass is 35.5. The molecule has 2 aromatic heterocycles. The maximum absolute atomic E-state index is 12.5. The van der Waals surface area contributed by atoms with Crippen LogP contribution >= 0.6 is 23.4 Å². The van der Waals surface area contributed by atoms with Gasteiger partial charge in [-0.3, -0.25) is 9.59 Å². The standard InChI is InChI=1S/C24H20ClN3O3S/c1-16(15-20-3-2-14-31-20)26-24(30)17-4-8-19(9-5-17)28-23(29)13-12-22(27-28)32-21-10-6-18(25)7-11-21/h2-14,16H,15H2,1H3,(H,26,30). The summed E-state index contributed by atoms with van der Waals surface area (Å²) in [5.74, 6) is 0.623. The third kappa shape index (κ3) is 5.49. The highest BCUT2D eigenvalue weighted by Gasteiger charge is 2.12. The van der Waals surface area contributed by atoms with Crippen LogP contribution in [0.4, 0.5) is 0 Å². The Morgan fingerprint density at radius 1 is 1.09 bits per heavy atom. The van der Waals surface area contributed by atoms with E-state index in [0.29, 0.717) is 27.7 Å². The van der Waals surface area contributed by atoms with Crippen LogP contribution in [0.15, 0.2) is 98.2 Å². The van der Waals surface area contributed by atoms with Crippen LogP contribution in [0, 0.1) is 0 Å². The largest absolute Gasteiger partial charge is 0.469 e. The van der Waals surface area contributed by atoms with Crippen molar-refractivity contribution in [2.45, 2.75) is 29.3 Å². The fourth-order valence-corrected chi connectivity index (χ4v) is 4.00. The van der Waals surface area contributed by atoms with Crippen molar-refractivity contribution in [2.24, 2.45) is 0 Å². The van der Waals surface area contributed by atoms with Crippen LogP contribution in [0.25, 0.3) is 5.69 Å². The van der Waals surface area contributed by atoms with Crippen LogP contribution in [0.3, 0.4) is 0 Å². The summed E-state index contributed by atoms with van der Waals surface area (Å²) < 4.78 is 6.64. The average Bonchev–Trinajstić information content (AvgIpc) is 3.29. The van der Waals surface area contributed by atoms with E-state index in [1.807, 2.05) is 31.2 Å². The van der Waals surface area contributed by atoms with Gasteiger partial charge in [0.05, 0.1) is 12.0 Å². The number of hydrogen-bond donors (Lipinski definition) is 1. The second kappa shape index (κ2) is 9.89. The third-order valence-electron chi connectivity index (χ3n) is 4.65. The van der Waals surface area contributed by atoms with Gasteiger partial charge in [0, 0.05) is 34.0 Å². The smallest absolute Gasteiger partial charge is 0.271 e. The minimum atomic E-state index is -0.255. The number of carbonyl (C=O) groups is 1. The van der Waals surface area contributed by atoms with E-state index >= 15 is 0 Å². The van der Waals surface area contributed by atoms with E-state index in [0.717, 1.165) is 10.7 Å². The van der Waals surface area contributed by atoms with Crippen LogP contribution in [0.5, 0.6) is 0 Å². The molecule has 1 N–H and O–H groups in total. The predicted octanol–water partition coefficient (Wildman–Crippen LogP) is 4.99. The normalized spacial score (nSPS) is 11.8. The van der Waals surface area contributed by atoms with Gasteiger partial charge in [0.2, 0.25) is 0 Å². The van der Waals surface area contributed by atoms with Crippen LogP contribution in [-0.4, -0.2) is 21.7 Å². The van der Waals surface area contributed by atoms with Crippen molar-refractivity contribution in [1.82, 2.24) is 15.1 Å². The number of furan rings is 1. The molecule has 0 aliphatic carbocycles. The second-order valence-corrected chi connectivity index (χ2v) is 8.71. The zero-order valence-corrected chi connectivity index (χ0v) is 18.8. The van der Waals surface area contributed by atoms with E-state index in [4.69, 9.17) is 16.0 Å². The van der Waals surface area contributed by atoms with Crippen molar-refractivity contribution in [2.75, 3.05) is 0 Å². The molecule has 162 valence electrons. The summed E-state index contributed by atoms with van der Waals surface area (Å²) >= 11 is 7.36. The van der Waals surface area contributed by atoms with Gasteiger partial charge in [-0.1, -0.05) is 23.4 Å². The Balaban J connectivity index is 1.46. The molecule has 4 rings (SSSR count). The topological polar surface area (TPSA) is 77.1 Å². The summed E-state index contributed by atoms with van der Waals surface area (Å²) in [5, 5.41) is 8.72. The Morgan fingerprint density at radius 2 is 1.84 bits per heavy atom. The van der Waals surface area contributed by atoms with Crippen LogP contribution < -0.4 is 10.9 Å². The Morgan fingerprint density at radius 3 is 2.53 bits per heavy atom. The number of rotatable bonds is 7. The molecule has 0 spiro atoms. The molecule has 2 heterocycles. The first-order valence-corrected chi connectivity index (χ1v) is 11.1. The number of nitrogens with one attached hydrogen (secondary N) is 1. The molecule has 0 aliphatic rings. The van der Waals surface area contributed by atoms with Gasteiger partial charge in [-0.25, -0.2) is 0 Å². The Labute approximate surface area is 194 Å². The molecule has 1 amide bonds. The summed E-state index contributed by atoms with van der Waals surface area (Å²) in [5.41, 5.74) is 0.822. The quantitative estimate of drug-likeness (QED) is 0.416. The molecule has 4 aromatic rings. The highest BCUT2D eigenvalue weighted by molar-refractivity contribution is 7.99. The number of carbonyl (C=O) groups excluding carboxylic acids is 1. The maximum atomic E-state index is 12.5. The summed E-state index contributed by atoms with van der Waals surface area (Å²) in [4.78, 5) is 25.9. The van der Waals surface area contributed by atoms with Crippen LogP contribution in [0.2, 0.25) is 5.02 Å². The van der Waals surface area contributed by atoms with E-state index in [2.05, 4.69) is 10.4 Å². The lowest BCUT2D eigenvalue weighted by molar-refractivity contribution is 0.0939. The number of hydrogen-bond acceptors (Lipinski definition) is 5. The van der Waals surface area contributed by atoms with Gasteiger partial charge in [-0.15, -0.1) is 0 Å². The van der Waals surface area contributed by atoms with E-state index in [-0.39, 0.29) is 17.5 Å². The SMILES string of the molecule is CC(Cc1ccco1)NC(=O)c1ccc(-n2nc(Sc3ccc(Cl)cc3)ccc2=O)cc1. The molecule has 0 saturated carbocycles. The fraction of sp³-hybridized carbons (Fsp3) is 0.125.